The molecule has 0 atom stereocenters. The summed E-state index contributed by atoms with van der Waals surface area (Å²) in [5.74, 6) is 1.18. The number of carbonyl (C=O) groups is 1. The van der Waals surface area contributed by atoms with Crippen LogP contribution in [-0.4, -0.2) is 16.9 Å². The third kappa shape index (κ3) is 2.99. The zero-order chi connectivity index (χ0) is 12.6. The van der Waals surface area contributed by atoms with E-state index in [0.29, 0.717) is 17.3 Å². The number of anilines is 1. The molecule has 0 saturated heterocycles. The zero-order valence-electron chi connectivity index (χ0n) is 10.7. The highest BCUT2D eigenvalue weighted by molar-refractivity contribution is 5.86. The second-order valence-electron chi connectivity index (χ2n) is 5.41. The summed E-state index contributed by atoms with van der Waals surface area (Å²) in [6.45, 7) is 7.29. The Hall–Kier alpha value is -1.52. The van der Waals surface area contributed by atoms with Gasteiger partial charge in [0.15, 0.2) is 5.76 Å². The molecule has 1 fully saturated rings. The lowest BCUT2D eigenvalue weighted by Gasteiger charge is -2.19. The first kappa shape index (κ1) is 12.0. The molecule has 1 amide bonds. The second-order valence-corrected chi connectivity index (χ2v) is 5.41. The van der Waals surface area contributed by atoms with E-state index in [0.717, 1.165) is 18.6 Å². The molecule has 5 nitrogen and oxygen atoms in total. The Morgan fingerprint density at radius 2 is 2.12 bits per heavy atom. The van der Waals surface area contributed by atoms with Gasteiger partial charge in [0.05, 0.1) is 0 Å². The maximum Gasteiger partial charge on any atom is 0.412 e. The lowest BCUT2D eigenvalue weighted by Crippen LogP contribution is -2.27. The van der Waals surface area contributed by atoms with Crippen molar-refractivity contribution in [1.82, 2.24) is 5.16 Å². The first-order valence-electron chi connectivity index (χ1n) is 5.83. The van der Waals surface area contributed by atoms with Crippen LogP contribution in [0.15, 0.2) is 4.52 Å². The summed E-state index contributed by atoms with van der Waals surface area (Å²) < 4.78 is 10.4. The first-order valence-corrected chi connectivity index (χ1v) is 5.83. The van der Waals surface area contributed by atoms with Crippen molar-refractivity contribution < 1.29 is 14.1 Å². The number of nitrogens with zero attached hydrogens (tertiary/aromatic N) is 1. The van der Waals surface area contributed by atoms with E-state index in [1.807, 2.05) is 27.7 Å². The molecule has 1 aromatic heterocycles. The number of amides is 1. The fourth-order valence-corrected chi connectivity index (χ4v) is 1.57. The normalized spacial score (nSPS) is 15.8. The lowest BCUT2D eigenvalue weighted by molar-refractivity contribution is 0.0635. The Kier molecular flexibility index (Phi) is 2.85. The van der Waals surface area contributed by atoms with E-state index in [2.05, 4.69) is 10.5 Å². The van der Waals surface area contributed by atoms with Crippen molar-refractivity contribution in [2.24, 2.45) is 0 Å². The quantitative estimate of drug-likeness (QED) is 0.859. The van der Waals surface area contributed by atoms with Gasteiger partial charge in [0, 0.05) is 5.92 Å². The van der Waals surface area contributed by atoms with E-state index in [1.54, 1.807) is 0 Å². The van der Waals surface area contributed by atoms with Crippen LogP contribution in [0.1, 0.15) is 51.0 Å². The maximum atomic E-state index is 11.7. The van der Waals surface area contributed by atoms with E-state index in [-0.39, 0.29) is 0 Å². The monoisotopic (exact) mass is 238 g/mol. The van der Waals surface area contributed by atoms with E-state index < -0.39 is 11.7 Å². The lowest BCUT2D eigenvalue weighted by atomic mass is 10.2. The molecule has 0 aromatic carbocycles. The fourth-order valence-electron chi connectivity index (χ4n) is 1.57. The predicted octanol–water partition coefficient (Wildman–Crippen LogP) is 3.21. The van der Waals surface area contributed by atoms with Crippen LogP contribution < -0.4 is 5.32 Å². The van der Waals surface area contributed by atoms with Gasteiger partial charge in [-0.25, -0.2) is 4.79 Å². The van der Waals surface area contributed by atoms with Crippen LogP contribution in [-0.2, 0) is 4.74 Å². The van der Waals surface area contributed by atoms with Gasteiger partial charge in [-0.2, -0.15) is 0 Å². The molecule has 0 unspecified atom stereocenters. The average molecular weight is 238 g/mol. The third-order valence-corrected chi connectivity index (χ3v) is 2.46. The SMILES string of the molecule is Cc1noc(C2CC2)c1NC(=O)OC(C)(C)C. The van der Waals surface area contributed by atoms with Crippen molar-refractivity contribution >= 4 is 11.8 Å². The first-order chi connectivity index (χ1) is 7.87. The minimum Gasteiger partial charge on any atom is -0.444 e. The van der Waals surface area contributed by atoms with Gasteiger partial charge in [0.1, 0.15) is 17.0 Å². The molecule has 1 aromatic rings. The second kappa shape index (κ2) is 4.05. The van der Waals surface area contributed by atoms with Gasteiger partial charge in [-0.1, -0.05) is 5.16 Å². The van der Waals surface area contributed by atoms with Crippen LogP contribution in [0.5, 0.6) is 0 Å². The Bertz CT molecular complexity index is 427. The molecule has 1 aliphatic carbocycles. The number of aromatic nitrogens is 1. The predicted molar refractivity (Wildman–Crippen MR) is 63.1 cm³/mol. The maximum absolute atomic E-state index is 11.7. The van der Waals surface area contributed by atoms with E-state index in [9.17, 15) is 4.79 Å². The standard InChI is InChI=1S/C12H18N2O3/c1-7-9(10(17-14-7)8-5-6-8)13-11(15)16-12(2,3)4/h8H,5-6H2,1-4H3,(H,13,15). The van der Waals surface area contributed by atoms with Crippen molar-refractivity contribution in [1.29, 1.82) is 0 Å². The zero-order valence-corrected chi connectivity index (χ0v) is 10.7. The summed E-state index contributed by atoms with van der Waals surface area (Å²) in [5, 5.41) is 6.60. The molecule has 0 spiro atoms. The molecule has 0 bridgehead atoms. The molecular formula is C12H18N2O3. The molecule has 2 rings (SSSR count). The van der Waals surface area contributed by atoms with Crippen LogP contribution in [0.25, 0.3) is 0 Å². The minimum absolute atomic E-state index is 0.404. The van der Waals surface area contributed by atoms with Crippen LogP contribution in [0.3, 0.4) is 0 Å². The average Bonchev–Trinajstić information content (AvgIpc) is 2.92. The van der Waals surface area contributed by atoms with Gasteiger partial charge in [-0.05, 0) is 40.5 Å². The van der Waals surface area contributed by atoms with E-state index in [1.165, 1.54) is 0 Å². The van der Waals surface area contributed by atoms with Gasteiger partial charge in [-0.3, -0.25) is 5.32 Å². The molecule has 0 aliphatic heterocycles. The molecule has 0 radical (unpaired) electrons. The molecule has 94 valence electrons. The van der Waals surface area contributed by atoms with Gasteiger partial charge >= 0.3 is 6.09 Å². The molecular weight excluding hydrogens is 220 g/mol. The summed E-state index contributed by atoms with van der Waals surface area (Å²) in [6, 6.07) is 0. The highest BCUT2D eigenvalue weighted by Gasteiger charge is 2.32. The van der Waals surface area contributed by atoms with Crippen molar-refractivity contribution in [3.63, 3.8) is 0 Å². The summed E-state index contributed by atoms with van der Waals surface area (Å²) >= 11 is 0. The van der Waals surface area contributed by atoms with E-state index in [4.69, 9.17) is 9.26 Å². The third-order valence-electron chi connectivity index (χ3n) is 2.46. The van der Waals surface area contributed by atoms with Crippen molar-refractivity contribution in [2.75, 3.05) is 5.32 Å². The molecule has 1 heterocycles. The van der Waals surface area contributed by atoms with Crippen molar-refractivity contribution in [3.8, 4) is 0 Å². The fraction of sp³-hybridized carbons (Fsp3) is 0.667. The summed E-state index contributed by atoms with van der Waals surface area (Å²) in [5.41, 5.74) is 0.856. The summed E-state index contributed by atoms with van der Waals surface area (Å²) in [4.78, 5) is 11.7. The topological polar surface area (TPSA) is 64.4 Å². The Morgan fingerprint density at radius 3 is 2.65 bits per heavy atom. The number of nitrogens with one attached hydrogen (secondary N) is 1. The highest BCUT2D eigenvalue weighted by Crippen LogP contribution is 2.44. The minimum atomic E-state index is -0.505. The number of ether oxygens (including phenoxy) is 1. The van der Waals surface area contributed by atoms with Crippen LogP contribution in [0.4, 0.5) is 10.5 Å². The summed E-state index contributed by atoms with van der Waals surface area (Å²) in [6.07, 6.45) is 1.72. The molecule has 1 N–H and O–H groups in total. The van der Waals surface area contributed by atoms with Gasteiger partial charge in [-0.15, -0.1) is 0 Å². The smallest absolute Gasteiger partial charge is 0.412 e. The molecule has 1 aliphatic rings. The van der Waals surface area contributed by atoms with Crippen LogP contribution >= 0.6 is 0 Å². The van der Waals surface area contributed by atoms with E-state index >= 15 is 0 Å². The Morgan fingerprint density at radius 1 is 1.47 bits per heavy atom. The van der Waals surface area contributed by atoms with Gasteiger partial charge in [0.2, 0.25) is 0 Å². The number of hydrogen-bond donors (Lipinski definition) is 1. The molecule has 1 saturated carbocycles. The number of rotatable bonds is 2. The Balaban J connectivity index is 2.07. The van der Waals surface area contributed by atoms with Crippen molar-refractivity contribution in [2.45, 2.75) is 52.1 Å². The van der Waals surface area contributed by atoms with Gasteiger partial charge in [0.25, 0.3) is 0 Å². The number of carbonyl (C=O) groups excluding carboxylic acids is 1. The number of aryl methyl sites for hydroxylation is 1. The van der Waals surface area contributed by atoms with Crippen LogP contribution in [0, 0.1) is 6.92 Å². The molecule has 5 heteroatoms. The number of hydrogen-bond acceptors (Lipinski definition) is 4. The highest BCUT2D eigenvalue weighted by atomic mass is 16.6. The van der Waals surface area contributed by atoms with Gasteiger partial charge < -0.3 is 9.26 Å². The molecule has 17 heavy (non-hydrogen) atoms. The van der Waals surface area contributed by atoms with Crippen LogP contribution in [0.2, 0.25) is 0 Å². The largest absolute Gasteiger partial charge is 0.444 e. The Labute approximate surface area is 101 Å². The van der Waals surface area contributed by atoms with Crippen molar-refractivity contribution in [3.05, 3.63) is 11.5 Å². The summed E-state index contributed by atoms with van der Waals surface area (Å²) in [7, 11) is 0.